The van der Waals surface area contributed by atoms with Crippen LogP contribution in [0, 0.1) is 12.8 Å². The third kappa shape index (κ3) is 7.89. The lowest BCUT2D eigenvalue weighted by atomic mass is 10.0. The van der Waals surface area contributed by atoms with Gasteiger partial charge in [0, 0.05) is 65.7 Å². The van der Waals surface area contributed by atoms with Gasteiger partial charge in [0.15, 0.2) is 5.96 Å². The summed E-state index contributed by atoms with van der Waals surface area (Å²) in [5.74, 6) is 1.59. The third-order valence-electron chi connectivity index (χ3n) is 6.26. The van der Waals surface area contributed by atoms with Gasteiger partial charge in [-0.15, -0.1) is 0 Å². The predicted octanol–water partition coefficient (Wildman–Crippen LogP) is 2.96. The minimum Gasteiger partial charge on any atom is -0.381 e. The first kappa shape index (κ1) is 23.0. The van der Waals surface area contributed by atoms with Gasteiger partial charge in [0.05, 0.1) is 0 Å². The average Bonchev–Trinajstić information content (AvgIpc) is 2.78. The minimum atomic E-state index is 0.495. The molecule has 2 fully saturated rings. The van der Waals surface area contributed by atoms with Gasteiger partial charge >= 0.3 is 0 Å². The van der Waals surface area contributed by atoms with E-state index in [0.717, 1.165) is 90.7 Å². The molecule has 2 saturated heterocycles. The van der Waals surface area contributed by atoms with Gasteiger partial charge in [-0.1, -0.05) is 24.3 Å². The van der Waals surface area contributed by atoms with E-state index in [1.165, 1.54) is 11.1 Å². The number of likely N-dealkylation sites (tertiary alicyclic amines) is 1. The Bertz CT molecular complexity index is 638. The van der Waals surface area contributed by atoms with Crippen molar-refractivity contribution < 1.29 is 9.47 Å². The summed E-state index contributed by atoms with van der Waals surface area (Å²) < 4.78 is 11.2. The molecule has 2 heterocycles. The van der Waals surface area contributed by atoms with Crippen LogP contribution in [0.2, 0.25) is 0 Å². The third-order valence-corrected chi connectivity index (χ3v) is 6.26. The van der Waals surface area contributed by atoms with Gasteiger partial charge in [0.1, 0.15) is 0 Å². The molecule has 0 aromatic heterocycles. The van der Waals surface area contributed by atoms with Crippen LogP contribution in [0.1, 0.15) is 43.2 Å². The van der Waals surface area contributed by atoms with Crippen LogP contribution in [0.5, 0.6) is 0 Å². The van der Waals surface area contributed by atoms with E-state index in [0.29, 0.717) is 12.0 Å². The summed E-state index contributed by atoms with van der Waals surface area (Å²) in [7, 11) is 1.85. The van der Waals surface area contributed by atoms with Crippen LogP contribution in [0.15, 0.2) is 29.3 Å². The van der Waals surface area contributed by atoms with Crippen LogP contribution in [0.4, 0.5) is 0 Å². The SMILES string of the molecule is CN=C(NCCCOCC1CCOCC1)NC1CCN(Cc2ccccc2C)CC1. The number of guanidine groups is 1. The Balaban J connectivity index is 1.26. The normalized spacial score (nSPS) is 19.7. The van der Waals surface area contributed by atoms with E-state index >= 15 is 0 Å². The van der Waals surface area contributed by atoms with E-state index in [4.69, 9.17) is 9.47 Å². The number of aliphatic imine (C=N–C) groups is 1. The van der Waals surface area contributed by atoms with Crippen molar-refractivity contribution in [3.05, 3.63) is 35.4 Å². The van der Waals surface area contributed by atoms with E-state index in [1.54, 1.807) is 0 Å². The van der Waals surface area contributed by atoms with Crippen molar-refractivity contribution in [2.75, 3.05) is 53.1 Å². The van der Waals surface area contributed by atoms with Crippen LogP contribution < -0.4 is 10.6 Å². The Hall–Kier alpha value is -1.63. The van der Waals surface area contributed by atoms with Crippen molar-refractivity contribution in [3.63, 3.8) is 0 Å². The molecule has 2 N–H and O–H groups in total. The zero-order chi connectivity index (χ0) is 21.0. The van der Waals surface area contributed by atoms with Gasteiger partial charge in [0.2, 0.25) is 0 Å². The van der Waals surface area contributed by atoms with Crippen LogP contribution in [0.3, 0.4) is 0 Å². The molecule has 0 atom stereocenters. The highest BCUT2D eigenvalue weighted by Gasteiger charge is 2.20. The monoisotopic (exact) mass is 416 g/mol. The van der Waals surface area contributed by atoms with Gasteiger partial charge in [-0.2, -0.15) is 0 Å². The molecule has 3 rings (SSSR count). The largest absolute Gasteiger partial charge is 0.381 e. The molecule has 0 saturated carbocycles. The van der Waals surface area contributed by atoms with E-state index in [9.17, 15) is 0 Å². The fraction of sp³-hybridized carbons (Fsp3) is 0.708. The van der Waals surface area contributed by atoms with Gasteiger partial charge in [-0.05, 0) is 56.1 Å². The Labute approximate surface area is 182 Å². The van der Waals surface area contributed by atoms with Crippen molar-refractivity contribution >= 4 is 5.96 Å². The standard InChI is InChI=1S/C24H40N4O2/c1-20-6-3-4-7-22(20)18-28-13-8-23(9-14-28)27-24(25-2)26-12-5-15-30-19-21-10-16-29-17-11-21/h3-4,6-7,21,23H,5,8-19H2,1-2H3,(H2,25,26,27). The van der Waals surface area contributed by atoms with E-state index in [1.807, 2.05) is 7.05 Å². The molecule has 6 heteroatoms. The van der Waals surface area contributed by atoms with Crippen LogP contribution >= 0.6 is 0 Å². The molecule has 6 nitrogen and oxygen atoms in total. The Morgan fingerprint density at radius 2 is 1.93 bits per heavy atom. The Kier molecular flexibility index (Phi) is 9.93. The first-order chi connectivity index (χ1) is 14.7. The number of ether oxygens (including phenoxy) is 2. The van der Waals surface area contributed by atoms with Crippen molar-refractivity contribution in [1.82, 2.24) is 15.5 Å². The summed E-state index contributed by atoms with van der Waals surface area (Å²) in [6.45, 7) is 9.86. The van der Waals surface area contributed by atoms with Gasteiger partial charge in [-0.25, -0.2) is 0 Å². The highest BCUT2D eigenvalue weighted by atomic mass is 16.5. The Morgan fingerprint density at radius 3 is 2.67 bits per heavy atom. The zero-order valence-corrected chi connectivity index (χ0v) is 18.9. The first-order valence-electron chi connectivity index (χ1n) is 11.6. The summed E-state index contributed by atoms with van der Waals surface area (Å²) in [5.41, 5.74) is 2.83. The molecule has 168 valence electrons. The van der Waals surface area contributed by atoms with Crippen LogP contribution in [-0.2, 0) is 16.0 Å². The number of hydrogen-bond donors (Lipinski definition) is 2. The first-order valence-corrected chi connectivity index (χ1v) is 11.6. The maximum Gasteiger partial charge on any atom is 0.191 e. The number of rotatable bonds is 9. The highest BCUT2D eigenvalue weighted by molar-refractivity contribution is 5.79. The number of aryl methyl sites for hydroxylation is 1. The fourth-order valence-electron chi connectivity index (χ4n) is 4.20. The van der Waals surface area contributed by atoms with Gasteiger partial charge in [-0.3, -0.25) is 9.89 Å². The molecule has 0 spiro atoms. The number of nitrogens with zero attached hydrogens (tertiary/aromatic N) is 2. The molecule has 2 aliphatic heterocycles. The summed E-state index contributed by atoms with van der Waals surface area (Å²) in [6.07, 6.45) is 5.58. The Morgan fingerprint density at radius 1 is 1.17 bits per heavy atom. The summed E-state index contributed by atoms with van der Waals surface area (Å²) in [4.78, 5) is 6.96. The topological polar surface area (TPSA) is 58.1 Å². The number of benzene rings is 1. The smallest absolute Gasteiger partial charge is 0.191 e. The van der Waals surface area contributed by atoms with Crippen molar-refractivity contribution in [3.8, 4) is 0 Å². The number of nitrogens with one attached hydrogen (secondary N) is 2. The lowest BCUT2D eigenvalue weighted by molar-refractivity contribution is 0.0203. The van der Waals surface area contributed by atoms with Crippen LogP contribution in [0.25, 0.3) is 0 Å². The average molecular weight is 417 g/mol. The predicted molar refractivity (Wildman–Crippen MR) is 123 cm³/mol. The number of piperidine rings is 1. The molecular weight excluding hydrogens is 376 g/mol. The molecule has 2 aliphatic rings. The molecular formula is C24H40N4O2. The van der Waals surface area contributed by atoms with Gasteiger partial charge < -0.3 is 20.1 Å². The molecule has 1 aromatic rings. The second-order valence-corrected chi connectivity index (χ2v) is 8.60. The van der Waals surface area contributed by atoms with Gasteiger partial charge in [0.25, 0.3) is 0 Å². The summed E-state index contributed by atoms with van der Waals surface area (Å²) in [5, 5.41) is 7.04. The van der Waals surface area contributed by atoms with Crippen LogP contribution in [-0.4, -0.2) is 70.0 Å². The lowest BCUT2D eigenvalue weighted by Crippen LogP contribution is -2.48. The van der Waals surface area contributed by atoms with E-state index in [2.05, 4.69) is 51.7 Å². The fourth-order valence-corrected chi connectivity index (χ4v) is 4.20. The molecule has 0 bridgehead atoms. The second kappa shape index (κ2) is 12.9. The maximum atomic E-state index is 5.85. The van der Waals surface area contributed by atoms with E-state index in [-0.39, 0.29) is 0 Å². The molecule has 0 amide bonds. The van der Waals surface area contributed by atoms with E-state index < -0.39 is 0 Å². The minimum absolute atomic E-state index is 0.495. The lowest BCUT2D eigenvalue weighted by Gasteiger charge is -2.33. The maximum absolute atomic E-state index is 5.85. The van der Waals surface area contributed by atoms with Crippen molar-refractivity contribution in [2.24, 2.45) is 10.9 Å². The summed E-state index contributed by atoms with van der Waals surface area (Å²) in [6, 6.07) is 9.21. The summed E-state index contributed by atoms with van der Waals surface area (Å²) >= 11 is 0. The molecule has 30 heavy (non-hydrogen) atoms. The molecule has 0 radical (unpaired) electrons. The van der Waals surface area contributed by atoms with Crippen molar-refractivity contribution in [1.29, 1.82) is 0 Å². The molecule has 1 aromatic carbocycles. The second-order valence-electron chi connectivity index (χ2n) is 8.60. The molecule has 0 aliphatic carbocycles. The quantitative estimate of drug-likeness (QED) is 0.368. The highest BCUT2D eigenvalue weighted by Crippen LogP contribution is 2.16. The number of hydrogen-bond acceptors (Lipinski definition) is 4. The zero-order valence-electron chi connectivity index (χ0n) is 18.9. The van der Waals surface area contributed by atoms with Crippen molar-refractivity contribution in [2.45, 2.75) is 51.6 Å². The molecule has 0 unspecified atom stereocenters.